The van der Waals surface area contributed by atoms with E-state index in [0.717, 1.165) is 17.7 Å². The van der Waals surface area contributed by atoms with Crippen molar-refractivity contribution < 1.29 is 18.7 Å². The lowest BCUT2D eigenvalue weighted by Gasteiger charge is -2.06. The third kappa shape index (κ3) is 6.73. The van der Waals surface area contributed by atoms with Crippen molar-refractivity contribution in [2.75, 3.05) is 26.8 Å². The Bertz CT molecular complexity index is 767. The molecule has 0 unspecified atom stereocenters. The average molecular weight is 356 g/mol. The van der Waals surface area contributed by atoms with Crippen molar-refractivity contribution in [2.24, 2.45) is 0 Å². The van der Waals surface area contributed by atoms with Crippen LogP contribution in [0.5, 0.6) is 11.5 Å². The number of para-hydroxylation sites is 1. The summed E-state index contributed by atoms with van der Waals surface area (Å²) in [5.41, 5.74) is 1.11. The fraction of sp³-hybridized carbons (Fsp3) is 0.250. The van der Waals surface area contributed by atoms with Crippen LogP contribution in [0.15, 0.2) is 48.5 Å². The molecular weight excluding hydrogens is 335 g/mol. The first-order valence-corrected chi connectivity index (χ1v) is 8.16. The molecule has 0 fully saturated rings. The number of amides is 2. The van der Waals surface area contributed by atoms with E-state index in [0.29, 0.717) is 6.54 Å². The minimum atomic E-state index is -0.427. The summed E-state index contributed by atoms with van der Waals surface area (Å²) in [7, 11) is 1.62. The predicted octanol–water partition coefficient (Wildman–Crippen LogP) is 2.76. The molecule has 0 aromatic heterocycles. The van der Waals surface area contributed by atoms with Crippen molar-refractivity contribution >= 4 is 6.03 Å². The van der Waals surface area contributed by atoms with E-state index in [1.165, 1.54) is 12.1 Å². The third-order valence-corrected chi connectivity index (χ3v) is 3.46. The summed E-state index contributed by atoms with van der Waals surface area (Å²) in [6, 6.07) is 13.5. The quantitative estimate of drug-likeness (QED) is 0.750. The van der Waals surface area contributed by atoms with Crippen molar-refractivity contribution in [2.45, 2.75) is 6.42 Å². The number of urea groups is 1. The zero-order chi connectivity index (χ0) is 18.6. The average Bonchev–Trinajstić information content (AvgIpc) is 2.66. The van der Waals surface area contributed by atoms with Crippen LogP contribution in [-0.4, -0.2) is 32.8 Å². The van der Waals surface area contributed by atoms with E-state index in [-0.39, 0.29) is 24.9 Å². The first kappa shape index (κ1) is 19.1. The second-order valence-corrected chi connectivity index (χ2v) is 5.28. The van der Waals surface area contributed by atoms with Crippen molar-refractivity contribution in [3.8, 4) is 23.3 Å². The van der Waals surface area contributed by atoms with Crippen molar-refractivity contribution in [3.63, 3.8) is 0 Å². The van der Waals surface area contributed by atoms with E-state index < -0.39 is 5.82 Å². The van der Waals surface area contributed by atoms with Crippen LogP contribution in [-0.2, 0) is 6.42 Å². The molecule has 0 bridgehead atoms. The smallest absolute Gasteiger partial charge is 0.315 e. The maximum Gasteiger partial charge on any atom is 0.315 e. The van der Waals surface area contributed by atoms with Gasteiger partial charge in [-0.2, -0.15) is 0 Å². The molecule has 0 spiro atoms. The highest BCUT2D eigenvalue weighted by Crippen LogP contribution is 2.14. The van der Waals surface area contributed by atoms with Gasteiger partial charge in [-0.15, -0.1) is 0 Å². The third-order valence-electron chi connectivity index (χ3n) is 3.46. The Morgan fingerprint density at radius 1 is 1.08 bits per heavy atom. The van der Waals surface area contributed by atoms with Crippen molar-refractivity contribution in [3.05, 3.63) is 59.9 Å². The molecule has 5 nitrogen and oxygen atoms in total. The lowest BCUT2D eigenvalue weighted by molar-refractivity contribution is 0.242. The summed E-state index contributed by atoms with van der Waals surface area (Å²) in [5, 5.41) is 5.38. The van der Waals surface area contributed by atoms with Crippen LogP contribution in [0, 0.1) is 17.7 Å². The van der Waals surface area contributed by atoms with Gasteiger partial charge in [0.2, 0.25) is 0 Å². The van der Waals surface area contributed by atoms with E-state index in [9.17, 15) is 9.18 Å². The largest absolute Gasteiger partial charge is 0.497 e. The molecule has 0 aliphatic rings. The minimum absolute atomic E-state index is 0.0572. The van der Waals surface area contributed by atoms with Crippen LogP contribution >= 0.6 is 0 Å². The molecule has 2 aromatic carbocycles. The normalized spacial score (nSPS) is 9.62. The summed E-state index contributed by atoms with van der Waals surface area (Å²) in [5.74, 6) is 5.99. The van der Waals surface area contributed by atoms with E-state index in [2.05, 4.69) is 22.5 Å². The van der Waals surface area contributed by atoms with Gasteiger partial charge in [0.05, 0.1) is 13.7 Å². The molecule has 136 valence electrons. The van der Waals surface area contributed by atoms with Crippen LogP contribution in [0.25, 0.3) is 0 Å². The molecule has 0 atom stereocenters. The van der Waals surface area contributed by atoms with E-state index in [1.807, 2.05) is 24.3 Å². The molecule has 0 radical (unpaired) electrons. The molecule has 26 heavy (non-hydrogen) atoms. The summed E-state index contributed by atoms with van der Waals surface area (Å²) in [6.45, 7) is 0.763. The Morgan fingerprint density at radius 2 is 1.85 bits per heavy atom. The Labute approximate surface area is 152 Å². The van der Waals surface area contributed by atoms with Gasteiger partial charge >= 0.3 is 6.03 Å². The van der Waals surface area contributed by atoms with Gasteiger partial charge < -0.3 is 20.1 Å². The van der Waals surface area contributed by atoms with Gasteiger partial charge in [0, 0.05) is 6.54 Å². The van der Waals surface area contributed by atoms with Crippen LogP contribution in [0.1, 0.15) is 5.56 Å². The number of benzene rings is 2. The fourth-order valence-corrected chi connectivity index (χ4v) is 2.09. The van der Waals surface area contributed by atoms with Crippen LogP contribution < -0.4 is 20.1 Å². The first-order chi connectivity index (χ1) is 12.7. The van der Waals surface area contributed by atoms with Gasteiger partial charge in [-0.05, 0) is 36.2 Å². The fourth-order valence-electron chi connectivity index (χ4n) is 2.09. The number of halogens is 1. The molecular formula is C20H21FN2O3. The highest BCUT2D eigenvalue weighted by atomic mass is 19.1. The van der Waals surface area contributed by atoms with Crippen molar-refractivity contribution in [1.82, 2.24) is 10.6 Å². The lowest BCUT2D eigenvalue weighted by Crippen LogP contribution is -2.36. The van der Waals surface area contributed by atoms with Gasteiger partial charge in [-0.3, -0.25) is 0 Å². The number of hydrogen-bond acceptors (Lipinski definition) is 3. The van der Waals surface area contributed by atoms with Gasteiger partial charge in [0.25, 0.3) is 0 Å². The number of carbonyl (C=O) groups is 1. The second kappa shape index (κ2) is 10.6. The number of hydrogen-bond donors (Lipinski definition) is 2. The molecule has 2 aromatic rings. The van der Waals surface area contributed by atoms with Gasteiger partial charge in [-0.1, -0.05) is 36.1 Å². The Hall–Kier alpha value is -3.20. The van der Waals surface area contributed by atoms with Crippen molar-refractivity contribution in [1.29, 1.82) is 0 Å². The van der Waals surface area contributed by atoms with Gasteiger partial charge in [-0.25, -0.2) is 9.18 Å². The summed E-state index contributed by atoms with van der Waals surface area (Å²) < 4.78 is 23.6. The molecule has 0 saturated heterocycles. The van der Waals surface area contributed by atoms with E-state index in [4.69, 9.17) is 9.47 Å². The summed E-state index contributed by atoms with van der Waals surface area (Å²) >= 11 is 0. The minimum Gasteiger partial charge on any atom is -0.497 e. The molecule has 6 heteroatoms. The summed E-state index contributed by atoms with van der Waals surface area (Å²) in [6.07, 6.45) is 0.722. The molecule has 2 amide bonds. The number of nitrogens with one attached hydrogen (secondary N) is 2. The first-order valence-electron chi connectivity index (χ1n) is 8.16. The molecule has 2 N–H and O–H groups in total. The van der Waals surface area contributed by atoms with Crippen LogP contribution in [0.2, 0.25) is 0 Å². The lowest BCUT2D eigenvalue weighted by atomic mass is 10.1. The maximum atomic E-state index is 13.3. The van der Waals surface area contributed by atoms with Gasteiger partial charge in [0.15, 0.2) is 11.6 Å². The van der Waals surface area contributed by atoms with E-state index in [1.54, 1.807) is 19.2 Å². The molecule has 0 heterocycles. The van der Waals surface area contributed by atoms with Crippen LogP contribution in [0.3, 0.4) is 0 Å². The SMILES string of the molecule is COc1ccc(CCNC(=O)NCC#CCOc2ccccc2F)cc1. The topological polar surface area (TPSA) is 59.6 Å². The highest BCUT2D eigenvalue weighted by Gasteiger charge is 2.00. The Morgan fingerprint density at radius 3 is 2.58 bits per heavy atom. The summed E-state index contributed by atoms with van der Waals surface area (Å²) in [4.78, 5) is 11.6. The number of rotatable bonds is 7. The standard InChI is InChI=1S/C20H21FN2O3/c1-25-17-10-8-16(9-11-17)12-14-23-20(24)22-13-4-5-15-26-19-7-3-2-6-18(19)21/h2-3,6-11H,12-15H2,1H3,(H2,22,23,24). The molecule has 0 saturated carbocycles. The Balaban J connectivity index is 1.58. The maximum absolute atomic E-state index is 13.3. The predicted molar refractivity (Wildman–Crippen MR) is 97.8 cm³/mol. The Kier molecular flexibility index (Phi) is 7.81. The van der Waals surface area contributed by atoms with E-state index >= 15 is 0 Å². The van der Waals surface area contributed by atoms with Crippen LogP contribution in [0.4, 0.5) is 9.18 Å². The molecule has 2 rings (SSSR count). The number of methoxy groups -OCH3 is 1. The van der Waals surface area contributed by atoms with Gasteiger partial charge in [0.1, 0.15) is 12.4 Å². The molecule has 0 aliphatic heterocycles. The second-order valence-electron chi connectivity index (χ2n) is 5.28. The molecule has 0 aliphatic carbocycles. The zero-order valence-electron chi connectivity index (χ0n) is 14.5. The number of carbonyl (C=O) groups excluding carboxylic acids is 1. The number of ether oxygens (including phenoxy) is 2. The zero-order valence-corrected chi connectivity index (χ0v) is 14.5. The highest BCUT2D eigenvalue weighted by molar-refractivity contribution is 5.74. The monoisotopic (exact) mass is 356 g/mol.